The molecule has 2 aromatic rings. The Bertz CT molecular complexity index is 783. The van der Waals surface area contributed by atoms with Gasteiger partial charge in [-0.25, -0.2) is 0 Å². The van der Waals surface area contributed by atoms with Gasteiger partial charge in [0.2, 0.25) is 0 Å². The maximum absolute atomic E-state index is 12.0. The van der Waals surface area contributed by atoms with E-state index in [-0.39, 0.29) is 24.1 Å². The molecule has 0 fully saturated rings. The summed E-state index contributed by atoms with van der Waals surface area (Å²) < 4.78 is 10.6. The van der Waals surface area contributed by atoms with E-state index in [9.17, 15) is 9.59 Å². The highest BCUT2D eigenvalue weighted by molar-refractivity contribution is 8.00. The Labute approximate surface area is 152 Å². The van der Waals surface area contributed by atoms with Crippen LogP contribution in [0.2, 0.25) is 0 Å². The van der Waals surface area contributed by atoms with Crippen molar-refractivity contribution >= 4 is 23.5 Å². The zero-order valence-corrected chi connectivity index (χ0v) is 15.7. The molecule has 0 aromatic heterocycles. The minimum absolute atomic E-state index is 0.0411. The third-order valence-corrected chi connectivity index (χ3v) is 4.90. The molecule has 0 aliphatic heterocycles. The van der Waals surface area contributed by atoms with Gasteiger partial charge in [0, 0.05) is 16.0 Å². The third-order valence-electron chi connectivity index (χ3n) is 3.75. The van der Waals surface area contributed by atoms with Crippen molar-refractivity contribution in [3.05, 3.63) is 58.7 Å². The predicted octanol–water partition coefficient (Wildman–Crippen LogP) is 4.35. The summed E-state index contributed by atoms with van der Waals surface area (Å²) in [6.45, 7) is 5.64. The number of hydrogen-bond donors (Lipinski definition) is 0. The van der Waals surface area contributed by atoms with Crippen molar-refractivity contribution in [1.29, 1.82) is 0 Å². The second-order valence-electron chi connectivity index (χ2n) is 5.80. The van der Waals surface area contributed by atoms with Gasteiger partial charge in [0.15, 0.2) is 5.78 Å². The van der Waals surface area contributed by atoms with Gasteiger partial charge in [0.25, 0.3) is 0 Å². The van der Waals surface area contributed by atoms with E-state index in [0.29, 0.717) is 16.9 Å². The average molecular weight is 358 g/mol. The van der Waals surface area contributed by atoms with Crippen LogP contribution >= 0.6 is 11.8 Å². The lowest BCUT2D eigenvalue weighted by molar-refractivity contribution is -0.141. The van der Waals surface area contributed by atoms with E-state index in [1.165, 1.54) is 24.2 Å². The van der Waals surface area contributed by atoms with Gasteiger partial charge in [-0.05, 0) is 50.6 Å². The summed E-state index contributed by atoms with van der Waals surface area (Å²) in [5.41, 5.74) is 3.59. The molecule has 0 saturated carbocycles. The lowest BCUT2D eigenvalue weighted by atomic mass is 10.1. The average Bonchev–Trinajstić information content (AvgIpc) is 2.58. The number of ketones is 1. The van der Waals surface area contributed by atoms with E-state index in [2.05, 4.69) is 6.07 Å². The molecule has 0 amide bonds. The molecule has 0 spiro atoms. The van der Waals surface area contributed by atoms with Crippen LogP contribution in [0.5, 0.6) is 5.75 Å². The van der Waals surface area contributed by atoms with Crippen LogP contribution in [0.3, 0.4) is 0 Å². The summed E-state index contributed by atoms with van der Waals surface area (Å²) in [4.78, 5) is 24.6. The lowest BCUT2D eigenvalue weighted by Crippen LogP contribution is -2.08. The van der Waals surface area contributed by atoms with Crippen LogP contribution in [0.25, 0.3) is 0 Å². The second kappa shape index (κ2) is 8.72. The fourth-order valence-corrected chi connectivity index (χ4v) is 3.22. The Morgan fingerprint density at radius 2 is 1.84 bits per heavy atom. The largest absolute Gasteiger partial charge is 0.496 e. The fourth-order valence-electron chi connectivity index (χ4n) is 2.41. The topological polar surface area (TPSA) is 52.6 Å². The molecule has 2 aromatic carbocycles. The van der Waals surface area contributed by atoms with Crippen LogP contribution in [-0.4, -0.2) is 24.6 Å². The Morgan fingerprint density at radius 3 is 2.48 bits per heavy atom. The van der Waals surface area contributed by atoms with Crippen LogP contribution in [-0.2, 0) is 16.1 Å². The van der Waals surface area contributed by atoms with Gasteiger partial charge in [-0.15, -0.1) is 11.8 Å². The number of hydrogen-bond acceptors (Lipinski definition) is 5. The number of carbonyl (C=O) groups excluding carboxylic acids is 2. The van der Waals surface area contributed by atoms with Crippen molar-refractivity contribution in [2.75, 3.05) is 12.9 Å². The third kappa shape index (κ3) is 5.36. The summed E-state index contributed by atoms with van der Waals surface area (Å²) in [5, 5.41) is 0. The van der Waals surface area contributed by atoms with Gasteiger partial charge < -0.3 is 9.47 Å². The molecular weight excluding hydrogens is 336 g/mol. The van der Waals surface area contributed by atoms with Gasteiger partial charge in [0.1, 0.15) is 12.4 Å². The molecule has 25 heavy (non-hydrogen) atoms. The number of ether oxygens (including phenoxy) is 2. The maximum Gasteiger partial charge on any atom is 0.316 e. The van der Waals surface area contributed by atoms with Gasteiger partial charge in [-0.2, -0.15) is 0 Å². The Hall–Kier alpha value is -2.27. The van der Waals surface area contributed by atoms with E-state index in [4.69, 9.17) is 9.47 Å². The quantitative estimate of drug-likeness (QED) is 0.418. The molecule has 0 N–H and O–H groups in total. The van der Waals surface area contributed by atoms with Gasteiger partial charge in [-0.3, -0.25) is 9.59 Å². The first kappa shape index (κ1) is 19.1. The van der Waals surface area contributed by atoms with Crippen molar-refractivity contribution in [2.45, 2.75) is 32.3 Å². The maximum atomic E-state index is 12.0. The van der Waals surface area contributed by atoms with Crippen LogP contribution in [0, 0.1) is 13.8 Å². The highest BCUT2D eigenvalue weighted by Crippen LogP contribution is 2.24. The Kier molecular flexibility index (Phi) is 6.65. The first-order valence-electron chi connectivity index (χ1n) is 7.94. The van der Waals surface area contributed by atoms with E-state index in [0.717, 1.165) is 10.5 Å². The van der Waals surface area contributed by atoms with Crippen molar-refractivity contribution in [3.63, 3.8) is 0 Å². The van der Waals surface area contributed by atoms with E-state index < -0.39 is 0 Å². The Balaban J connectivity index is 1.95. The molecule has 0 saturated heterocycles. The van der Waals surface area contributed by atoms with Crippen molar-refractivity contribution in [2.24, 2.45) is 0 Å². The van der Waals surface area contributed by atoms with E-state index in [1.54, 1.807) is 25.3 Å². The van der Waals surface area contributed by atoms with Crippen molar-refractivity contribution in [1.82, 2.24) is 0 Å². The van der Waals surface area contributed by atoms with Crippen LogP contribution in [0.4, 0.5) is 0 Å². The first-order valence-corrected chi connectivity index (χ1v) is 8.92. The van der Waals surface area contributed by atoms with Crippen LogP contribution < -0.4 is 4.74 Å². The lowest BCUT2D eigenvalue weighted by Gasteiger charge is -2.11. The van der Waals surface area contributed by atoms with Crippen LogP contribution in [0.1, 0.15) is 34.0 Å². The zero-order valence-electron chi connectivity index (χ0n) is 14.9. The van der Waals surface area contributed by atoms with Gasteiger partial charge >= 0.3 is 5.97 Å². The zero-order chi connectivity index (χ0) is 18.4. The molecule has 0 radical (unpaired) electrons. The number of rotatable bonds is 7. The molecule has 0 atom stereocenters. The summed E-state index contributed by atoms with van der Waals surface area (Å²) in [6, 6.07) is 11.2. The molecule has 0 aliphatic rings. The van der Waals surface area contributed by atoms with Crippen molar-refractivity contribution < 1.29 is 19.1 Å². The standard InChI is InChI=1S/C20H22O4S/c1-13-5-8-19(14(2)9-13)25-12-20(22)24-11-17-10-16(15(3)21)6-7-18(17)23-4/h5-10H,11-12H2,1-4H3. The Morgan fingerprint density at radius 1 is 1.08 bits per heavy atom. The van der Waals surface area contributed by atoms with Crippen LogP contribution in [0.15, 0.2) is 41.3 Å². The molecule has 4 nitrogen and oxygen atoms in total. The highest BCUT2D eigenvalue weighted by atomic mass is 32.2. The van der Waals surface area contributed by atoms with Gasteiger partial charge in [-0.1, -0.05) is 17.7 Å². The predicted molar refractivity (Wildman–Crippen MR) is 99.4 cm³/mol. The number of esters is 1. The number of thioether (sulfide) groups is 1. The summed E-state index contributed by atoms with van der Waals surface area (Å²) in [5.74, 6) is 0.485. The summed E-state index contributed by atoms with van der Waals surface area (Å²) in [6.07, 6.45) is 0. The molecular formula is C20H22O4S. The fraction of sp³-hybridized carbons (Fsp3) is 0.300. The molecule has 5 heteroatoms. The second-order valence-corrected chi connectivity index (χ2v) is 6.82. The smallest absolute Gasteiger partial charge is 0.316 e. The number of methoxy groups -OCH3 is 1. The number of aryl methyl sites for hydroxylation is 2. The molecule has 0 bridgehead atoms. The number of Topliss-reactive ketones (excluding diaryl/α,β-unsaturated/α-hetero) is 1. The summed E-state index contributed by atoms with van der Waals surface area (Å²) in [7, 11) is 1.55. The summed E-state index contributed by atoms with van der Waals surface area (Å²) >= 11 is 1.46. The SMILES string of the molecule is COc1ccc(C(C)=O)cc1COC(=O)CSc1ccc(C)cc1C. The van der Waals surface area contributed by atoms with E-state index in [1.807, 2.05) is 26.0 Å². The number of carbonyl (C=O) groups is 2. The first-order chi connectivity index (χ1) is 11.9. The minimum atomic E-state index is -0.305. The van der Waals surface area contributed by atoms with Gasteiger partial charge in [0.05, 0.1) is 12.9 Å². The molecule has 0 heterocycles. The highest BCUT2D eigenvalue weighted by Gasteiger charge is 2.11. The molecule has 132 valence electrons. The number of benzene rings is 2. The van der Waals surface area contributed by atoms with E-state index >= 15 is 0 Å². The molecule has 0 unspecified atom stereocenters. The minimum Gasteiger partial charge on any atom is -0.496 e. The molecule has 2 rings (SSSR count). The monoisotopic (exact) mass is 358 g/mol. The van der Waals surface area contributed by atoms with Crippen molar-refractivity contribution in [3.8, 4) is 5.75 Å². The molecule has 0 aliphatic carbocycles. The normalized spacial score (nSPS) is 10.4.